The topological polar surface area (TPSA) is 87.7 Å². The molecule has 6 nitrogen and oxygen atoms in total. The minimum Gasteiger partial charge on any atom is -0.481 e. The number of carbonyl (C=O) groups is 2. The molecule has 0 aromatic rings. The molecule has 0 radical (unpaired) electrons. The number of carboxylic acids is 1. The minimum atomic E-state index is -0.926. The van der Waals surface area contributed by atoms with Crippen molar-refractivity contribution in [2.45, 2.75) is 44.7 Å². The van der Waals surface area contributed by atoms with Crippen molar-refractivity contribution in [3.63, 3.8) is 0 Å². The van der Waals surface area contributed by atoms with Crippen molar-refractivity contribution in [1.82, 2.24) is 10.6 Å². The molecular formula is C11H20N2O4. The molecule has 1 heterocycles. The molecular weight excluding hydrogens is 224 g/mol. The lowest BCUT2D eigenvalue weighted by atomic mass is 9.95. The summed E-state index contributed by atoms with van der Waals surface area (Å²) in [5, 5.41) is 14.0. The second kappa shape index (κ2) is 5.86. The molecule has 98 valence electrons. The van der Waals surface area contributed by atoms with Crippen molar-refractivity contribution in [2.24, 2.45) is 0 Å². The molecule has 1 aliphatic heterocycles. The number of urea groups is 1. The monoisotopic (exact) mass is 244 g/mol. The number of amides is 2. The summed E-state index contributed by atoms with van der Waals surface area (Å²) in [6.07, 6.45) is 1.70. The first-order chi connectivity index (χ1) is 7.91. The van der Waals surface area contributed by atoms with Crippen LogP contribution in [-0.2, 0) is 9.53 Å². The maximum Gasteiger partial charge on any atom is 0.315 e. The Hall–Kier alpha value is -1.30. The number of nitrogens with one attached hydrogen (secondary N) is 2. The standard InChI is InChI=1S/C11H20N2O4/c1-8(6-9(14)15)12-10(16)13-11(2)4-3-5-17-7-11/h8H,3-7H2,1-2H3,(H,14,15)(H2,12,13,16). The molecule has 2 amide bonds. The van der Waals surface area contributed by atoms with Crippen molar-refractivity contribution in [3.05, 3.63) is 0 Å². The number of carboxylic acid groups (broad SMARTS) is 1. The van der Waals surface area contributed by atoms with E-state index in [1.807, 2.05) is 6.92 Å². The molecule has 3 N–H and O–H groups in total. The Labute approximate surface area is 101 Å². The van der Waals surface area contributed by atoms with Crippen LogP contribution in [0.4, 0.5) is 4.79 Å². The van der Waals surface area contributed by atoms with Crippen LogP contribution in [0.5, 0.6) is 0 Å². The lowest BCUT2D eigenvalue weighted by Gasteiger charge is -2.34. The average molecular weight is 244 g/mol. The third-order valence-corrected chi connectivity index (χ3v) is 2.71. The summed E-state index contributed by atoms with van der Waals surface area (Å²) in [6, 6.07) is -0.729. The second-order valence-electron chi connectivity index (χ2n) is 4.81. The molecule has 1 fully saturated rings. The molecule has 0 saturated carbocycles. The predicted octanol–water partition coefficient (Wildman–Crippen LogP) is 0.718. The van der Waals surface area contributed by atoms with Gasteiger partial charge in [0.2, 0.25) is 0 Å². The van der Waals surface area contributed by atoms with E-state index < -0.39 is 5.97 Å². The number of aliphatic carboxylic acids is 1. The van der Waals surface area contributed by atoms with Crippen molar-refractivity contribution >= 4 is 12.0 Å². The Bertz CT molecular complexity index is 287. The van der Waals surface area contributed by atoms with Crippen LogP contribution in [0.15, 0.2) is 0 Å². The summed E-state index contributed by atoms with van der Waals surface area (Å²) in [4.78, 5) is 22.1. The first kappa shape index (κ1) is 13.8. The summed E-state index contributed by atoms with van der Waals surface area (Å²) in [5.74, 6) is -0.926. The molecule has 0 spiro atoms. The zero-order chi connectivity index (χ0) is 12.9. The number of hydrogen-bond donors (Lipinski definition) is 3. The largest absolute Gasteiger partial charge is 0.481 e. The SMILES string of the molecule is CC(CC(=O)O)NC(=O)NC1(C)CCCOC1. The van der Waals surface area contributed by atoms with E-state index in [1.54, 1.807) is 6.92 Å². The summed E-state index contributed by atoms with van der Waals surface area (Å²) in [5.41, 5.74) is -0.356. The highest BCUT2D eigenvalue weighted by Gasteiger charge is 2.29. The first-order valence-corrected chi connectivity index (χ1v) is 5.79. The molecule has 1 rings (SSSR count). The van der Waals surface area contributed by atoms with Crippen LogP contribution in [0.25, 0.3) is 0 Å². The minimum absolute atomic E-state index is 0.0827. The Morgan fingerprint density at radius 3 is 2.76 bits per heavy atom. The molecule has 1 saturated heterocycles. The smallest absolute Gasteiger partial charge is 0.315 e. The highest BCUT2D eigenvalue weighted by Crippen LogP contribution is 2.17. The zero-order valence-corrected chi connectivity index (χ0v) is 10.3. The number of hydrogen-bond acceptors (Lipinski definition) is 3. The molecule has 0 aliphatic carbocycles. The molecule has 6 heteroatoms. The number of rotatable bonds is 4. The van der Waals surface area contributed by atoms with E-state index >= 15 is 0 Å². The van der Waals surface area contributed by atoms with E-state index in [0.717, 1.165) is 19.4 Å². The highest BCUT2D eigenvalue weighted by molar-refractivity contribution is 5.76. The van der Waals surface area contributed by atoms with Crippen LogP contribution in [0.3, 0.4) is 0 Å². The predicted molar refractivity (Wildman–Crippen MR) is 61.8 cm³/mol. The Morgan fingerprint density at radius 1 is 1.53 bits per heavy atom. The number of ether oxygens (including phenoxy) is 1. The van der Waals surface area contributed by atoms with E-state index in [0.29, 0.717) is 6.61 Å². The van der Waals surface area contributed by atoms with E-state index in [-0.39, 0.29) is 24.0 Å². The molecule has 0 aromatic heterocycles. The maximum absolute atomic E-state index is 11.6. The normalized spacial score (nSPS) is 26.0. The van der Waals surface area contributed by atoms with Crippen LogP contribution in [0, 0.1) is 0 Å². The van der Waals surface area contributed by atoms with Crippen molar-refractivity contribution in [2.75, 3.05) is 13.2 Å². The van der Waals surface area contributed by atoms with Crippen LogP contribution < -0.4 is 10.6 Å². The molecule has 0 bridgehead atoms. The van der Waals surface area contributed by atoms with Gasteiger partial charge in [0.15, 0.2) is 0 Å². The molecule has 0 aromatic carbocycles. The van der Waals surface area contributed by atoms with Gasteiger partial charge >= 0.3 is 12.0 Å². The molecule has 2 unspecified atom stereocenters. The van der Waals surface area contributed by atoms with Crippen LogP contribution in [0.2, 0.25) is 0 Å². The van der Waals surface area contributed by atoms with Gasteiger partial charge in [0.1, 0.15) is 0 Å². The maximum atomic E-state index is 11.6. The summed E-state index contributed by atoms with van der Waals surface area (Å²) in [6.45, 7) is 4.81. The second-order valence-corrected chi connectivity index (χ2v) is 4.81. The fourth-order valence-corrected chi connectivity index (χ4v) is 1.88. The van der Waals surface area contributed by atoms with Crippen LogP contribution >= 0.6 is 0 Å². The Morgan fingerprint density at radius 2 is 2.24 bits per heavy atom. The van der Waals surface area contributed by atoms with Crippen LogP contribution in [0.1, 0.15) is 33.1 Å². The Kier molecular flexibility index (Phi) is 4.74. The van der Waals surface area contributed by atoms with Gasteiger partial charge in [-0.05, 0) is 26.7 Å². The van der Waals surface area contributed by atoms with Gasteiger partial charge in [-0.3, -0.25) is 4.79 Å². The van der Waals surface area contributed by atoms with Gasteiger partial charge in [0.05, 0.1) is 18.6 Å². The van der Waals surface area contributed by atoms with Gasteiger partial charge in [0.25, 0.3) is 0 Å². The molecule has 1 aliphatic rings. The van der Waals surface area contributed by atoms with Crippen molar-refractivity contribution in [3.8, 4) is 0 Å². The van der Waals surface area contributed by atoms with Crippen molar-refractivity contribution < 1.29 is 19.4 Å². The summed E-state index contributed by atoms with van der Waals surface area (Å²) >= 11 is 0. The van der Waals surface area contributed by atoms with Gasteiger partial charge in [0, 0.05) is 12.6 Å². The van der Waals surface area contributed by atoms with Gasteiger partial charge in [-0.1, -0.05) is 0 Å². The fourth-order valence-electron chi connectivity index (χ4n) is 1.88. The summed E-state index contributed by atoms with van der Waals surface area (Å²) < 4.78 is 5.32. The molecule has 17 heavy (non-hydrogen) atoms. The Balaban J connectivity index is 2.35. The summed E-state index contributed by atoms with van der Waals surface area (Å²) in [7, 11) is 0. The van der Waals surface area contributed by atoms with E-state index in [9.17, 15) is 9.59 Å². The van der Waals surface area contributed by atoms with Gasteiger partial charge in [-0.2, -0.15) is 0 Å². The van der Waals surface area contributed by atoms with Gasteiger partial charge in [-0.15, -0.1) is 0 Å². The van der Waals surface area contributed by atoms with E-state index in [1.165, 1.54) is 0 Å². The average Bonchev–Trinajstić information content (AvgIpc) is 2.15. The highest BCUT2D eigenvalue weighted by atomic mass is 16.5. The lowest BCUT2D eigenvalue weighted by Crippen LogP contribution is -2.55. The fraction of sp³-hybridized carbons (Fsp3) is 0.818. The first-order valence-electron chi connectivity index (χ1n) is 5.79. The molecule has 2 atom stereocenters. The quantitative estimate of drug-likeness (QED) is 0.680. The third kappa shape index (κ3) is 5.04. The van der Waals surface area contributed by atoms with E-state index in [2.05, 4.69) is 10.6 Å². The number of carbonyl (C=O) groups excluding carboxylic acids is 1. The zero-order valence-electron chi connectivity index (χ0n) is 10.3. The van der Waals surface area contributed by atoms with Gasteiger partial charge < -0.3 is 20.5 Å². The van der Waals surface area contributed by atoms with Crippen LogP contribution in [-0.4, -0.2) is 41.9 Å². The van der Waals surface area contributed by atoms with Crippen molar-refractivity contribution in [1.29, 1.82) is 0 Å². The third-order valence-electron chi connectivity index (χ3n) is 2.71. The van der Waals surface area contributed by atoms with E-state index in [4.69, 9.17) is 9.84 Å². The lowest BCUT2D eigenvalue weighted by molar-refractivity contribution is -0.137. The van der Waals surface area contributed by atoms with Gasteiger partial charge in [-0.25, -0.2) is 4.79 Å².